The highest BCUT2D eigenvalue weighted by molar-refractivity contribution is 5.93. The minimum atomic E-state index is -5.18. The van der Waals surface area contributed by atoms with Gasteiger partial charge in [-0.2, -0.15) is 18.4 Å². The largest absolute Gasteiger partial charge is 0.471 e. The third-order valence-electron chi connectivity index (χ3n) is 7.47. The highest BCUT2D eigenvalue weighted by atomic mass is 19.4. The van der Waals surface area contributed by atoms with E-state index in [-0.39, 0.29) is 35.6 Å². The standard InChI is InChI=1S/C26H40F3N5O4/c1-23(2,3)18(33-22(38)26(27,28)29)21(37)32-17(11-15-12-24(15,4)5)20(36)31-16(13-30)10-14-8-9-25(6,7)34-19(14)35/h14-18H,8-12H2,1-7H3,(H,31,36)(H,32,37)(H,33,38)(H,34,35)/t14-,15?,16-,17-,18+/m0/s1. The minimum Gasteiger partial charge on any atom is -0.351 e. The summed E-state index contributed by atoms with van der Waals surface area (Å²) in [6.45, 7) is 12.3. The first kappa shape index (κ1) is 31.4. The number of hydrogen-bond acceptors (Lipinski definition) is 5. The van der Waals surface area contributed by atoms with E-state index in [2.05, 4.69) is 16.0 Å². The predicted octanol–water partition coefficient (Wildman–Crippen LogP) is 2.70. The Morgan fingerprint density at radius 3 is 2.08 bits per heavy atom. The molecule has 1 aliphatic heterocycles. The van der Waals surface area contributed by atoms with Gasteiger partial charge in [-0.15, -0.1) is 0 Å². The summed E-state index contributed by atoms with van der Waals surface area (Å²) in [6, 6.07) is -1.72. The van der Waals surface area contributed by atoms with Crippen LogP contribution in [-0.2, 0) is 19.2 Å². The summed E-state index contributed by atoms with van der Waals surface area (Å²) < 4.78 is 38.7. The molecule has 0 radical (unpaired) electrons. The van der Waals surface area contributed by atoms with Gasteiger partial charge >= 0.3 is 12.1 Å². The Morgan fingerprint density at radius 2 is 1.63 bits per heavy atom. The summed E-state index contributed by atoms with van der Waals surface area (Å²) in [7, 11) is 0. The highest BCUT2D eigenvalue weighted by Crippen LogP contribution is 2.54. The number of carbonyl (C=O) groups is 4. The number of rotatable bonds is 9. The van der Waals surface area contributed by atoms with Crippen molar-refractivity contribution in [2.45, 2.75) is 110 Å². The fourth-order valence-corrected chi connectivity index (χ4v) is 4.73. The van der Waals surface area contributed by atoms with Crippen LogP contribution in [0.4, 0.5) is 13.2 Å². The van der Waals surface area contributed by atoms with E-state index in [1.54, 1.807) is 5.32 Å². The van der Waals surface area contributed by atoms with Crippen molar-refractivity contribution in [1.82, 2.24) is 21.3 Å². The summed E-state index contributed by atoms with van der Waals surface area (Å²) in [5.41, 5.74) is -1.52. The highest BCUT2D eigenvalue weighted by Gasteiger charge is 2.48. The van der Waals surface area contributed by atoms with Crippen molar-refractivity contribution in [3.05, 3.63) is 0 Å². The number of nitrogens with one attached hydrogen (secondary N) is 4. The first-order valence-corrected chi connectivity index (χ1v) is 12.9. The molecule has 4 amide bonds. The molecule has 2 aliphatic rings. The van der Waals surface area contributed by atoms with Crippen molar-refractivity contribution in [2.24, 2.45) is 22.7 Å². The Kier molecular flexibility index (Phi) is 9.17. The SMILES string of the molecule is CC1(C)CC[C@@H](C[C@@H](C#N)NC(=O)[C@H](CC2CC2(C)C)NC(=O)[C@@H](NC(=O)C(F)(F)F)C(C)(C)C)C(=O)N1. The smallest absolute Gasteiger partial charge is 0.351 e. The average Bonchev–Trinajstić information content (AvgIpc) is 3.35. The van der Waals surface area contributed by atoms with Gasteiger partial charge in [0.15, 0.2) is 0 Å². The van der Waals surface area contributed by atoms with E-state index < -0.39 is 53.4 Å². The fourth-order valence-electron chi connectivity index (χ4n) is 4.73. The molecule has 2 rings (SSSR count). The monoisotopic (exact) mass is 543 g/mol. The molecule has 5 atom stereocenters. The molecule has 0 bridgehead atoms. The Labute approximate surface area is 222 Å². The fraction of sp³-hybridized carbons (Fsp3) is 0.808. The lowest BCUT2D eigenvalue weighted by molar-refractivity contribution is -0.175. The van der Waals surface area contributed by atoms with Gasteiger partial charge in [0.2, 0.25) is 17.7 Å². The number of piperidine rings is 1. The van der Waals surface area contributed by atoms with E-state index in [0.29, 0.717) is 12.8 Å². The van der Waals surface area contributed by atoms with E-state index in [4.69, 9.17) is 0 Å². The van der Waals surface area contributed by atoms with Crippen molar-refractivity contribution < 1.29 is 32.3 Å². The Hall–Kier alpha value is -2.84. The van der Waals surface area contributed by atoms with Gasteiger partial charge < -0.3 is 21.3 Å². The van der Waals surface area contributed by atoms with E-state index in [0.717, 1.165) is 6.42 Å². The zero-order chi connectivity index (χ0) is 29.3. The van der Waals surface area contributed by atoms with Crippen LogP contribution in [-0.4, -0.2) is 53.5 Å². The molecule has 1 saturated heterocycles. The molecule has 214 valence electrons. The van der Waals surface area contributed by atoms with Crippen molar-refractivity contribution >= 4 is 23.6 Å². The molecule has 4 N–H and O–H groups in total. The van der Waals surface area contributed by atoms with Crippen LogP contribution in [0.5, 0.6) is 0 Å². The second kappa shape index (κ2) is 11.1. The number of nitriles is 1. The molecule has 0 aromatic carbocycles. The van der Waals surface area contributed by atoms with Gasteiger partial charge in [-0.05, 0) is 62.7 Å². The molecular weight excluding hydrogens is 503 g/mol. The van der Waals surface area contributed by atoms with Gasteiger partial charge in [0.1, 0.15) is 18.1 Å². The maximum Gasteiger partial charge on any atom is 0.471 e. The minimum absolute atomic E-state index is 0.0706. The Morgan fingerprint density at radius 1 is 1.05 bits per heavy atom. The van der Waals surface area contributed by atoms with Crippen LogP contribution in [0.15, 0.2) is 0 Å². The van der Waals surface area contributed by atoms with Crippen LogP contribution in [0, 0.1) is 34.0 Å². The molecule has 1 aliphatic carbocycles. The van der Waals surface area contributed by atoms with Crippen LogP contribution in [0.1, 0.15) is 80.6 Å². The summed E-state index contributed by atoms with van der Waals surface area (Å²) >= 11 is 0. The van der Waals surface area contributed by atoms with Crippen LogP contribution >= 0.6 is 0 Å². The molecular formula is C26H40F3N5O4. The zero-order valence-corrected chi connectivity index (χ0v) is 23.1. The van der Waals surface area contributed by atoms with E-state index >= 15 is 0 Å². The molecule has 12 heteroatoms. The average molecular weight is 544 g/mol. The summed E-state index contributed by atoms with van der Waals surface area (Å²) in [5, 5.41) is 19.4. The van der Waals surface area contributed by atoms with Gasteiger partial charge in [-0.3, -0.25) is 19.2 Å². The molecule has 1 unspecified atom stereocenters. The second-order valence-corrected chi connectivity index (χ2v) is 13.0. The lowest BCUT2D eigenvalue weighted by Crippen LogP contribution is -2.60. The van der Waals surface area contributed by atoms with Crippen LogP contribution < -0.4 is 21.3 Å². The molecule has 0 spiro atoms. The van der Waals surface area contributed by atoms with Crippen molar-refractivity contribution in [2.75, 3.05) is 0 Å². The topological polar surface area (TPSA) is 140 Å². The Balaban J connectivity index is 2.16. The third-order valence-corrected chi connectivity index (χ3v) is 7.47. The lowest BCUT2D eigenvalue weighted by atomic mass is 9.83. The number of carbonyl (C=O) groups excluding carboxylic acids is 4. The van der Waals surface area contributed by atoms with Gasteiger partial charge in [-0.25, -0.2) is 0 Å². The first-order valence-electron chi connectivity index (χ1n) is 12.9. The summed E-state index contributed by atoms with van der Waals surface area (Å²) in [5.74, 6) is -4.45. The number of amides is 4. The molecule has 1 heterocycles. The number of alkyl halides is 3. The molecule has 0 aromatic heterocycles. The second-order valence-electron chi connectivity index (χ2n) is 13.0. The first-order chi connectivity index (χ1) is 17.2. The van der Waals surface area contributed by atoms with Crippen molar-refractivity contribution in [3.63, 3.8) is 0 Å². The summed E-state index contributed by atoms with van der Waals surface area (Å²) in [4.78, 5) is 50.4. The van der Waals surface area contributed by atoms with Gasteiger partial charge in [0.25, 0.3) is 0 Å². The number of halogens is 3. The van der Waals surface area contributed by atoms with Gasteiger partial charge in [-0.1, -0.05) is 34.6 Å². The lowest BCUT2D eigenvalue weighted by Gasteiger charge is -2.35. The van der Waals surface area contributed by atoms with Gasteiger partial charge in [0.05, 0.1) is 6.07 Å². The zero-order valence-electron chi connectivity index (χ0n) is 23.1. The number of hydrogen-bond donors (Lipinski definition) is 4. The molecule has 38 heavy (non-hydrogen) atoms. The predicted molar refractivity (Wildman–Crippen MR) is 133 cm³/mol. The van der Waals surface area contributed by atoms with E-state index in [1.165, 1.54) is 20.8 Å². The van der Waals surface area contributed by atoms with Crippen LogP contribution in [0.25, 0.3) is 0 Å². The quantitative estimate of drug-likeness (QED) is 0.354. The molecule has 0 aromatic rings. The summed E-state index contributed by atoms with van der Waals surface area (Å²) in [6.07, 6.45) is -2.83. The van der Waals surface area contributed by atoms with Crippen molar-refractivity contribution in [1.29, 1.82) is 5.26 Å². The van der Waals surface area contributed by atoms with Crippen LogP contribution in [0.3, 0.4) is 0 Å². The third kappa shape index (κ3) is 8.60. The molecule has 2 fully saturated rings. The number of nitrogens with zero attached hydrogens (tertiary/aromatic N) is 1. The Bertz CT molecular complexity index is 981. The van der Waals surface area contributed by atoms with Crippen molar-refractivity contribution in [3.8, 4) is 6.07 Å². The van der Waals surface area contributed by atoms with E-state index in [9.17, 15) is 37.6 Å². The van der Waals surface area contributed by atoms with E-state index in [1.807, 2.05) is 33.8 Å². The van der Waals surface area contributed by atoms with Crippen LogP contribution in [0.2, 0.25) is 0 Å². The van der Waals surface area contributed by atoms with Gasteiger partial charge in [0, 0.05) is 11.5 Å². The normalized spacial score (nSPS) is 24.6. The maximum absolute atomic E-state index is 13.3. The molecule has 1 saturated carbocycles. The molecule has 9 nitrogen and oxygen atoms in total. The maximum atomic E-state index is 13.3.